The van der Waals surface area contributed by atoms with Crippen LogP contribution in [0.1, 0.15) is 17.0 Å². The van der Waals surface area contributed by atoms with E-state index in [2.05, 4.69) is 20.1 Å². The van der Waals surface area contributed by atoms with Gasteiger partial charge in [-0.15, -0.1) is 0 Å². The summed E-state index contributed by atoms with van der Waals surface area (Å²) in [6, 6.07) is 5.45. The highest BCUT2D eigenvalue weighted by molar-refractivity contribution is 5.70. The molecule has 0 aliphatic rings. The first-order chi connectivity index (χ1) is 10.5. The SMILES string of the molecule is Cc1cccc(-c2nc3nc(C)c(CC(=O)O)c(=O)n3[nH]2)n1. The molecule has 0 radical (unpaired) electrons. The summed E-state index contributed by atoms with van der Waals surface area (Å²) in [6.45, 7) is 3.45. The molecule has 0 spiro atoms. The van der Waals surface area contributed by atoms with Gasteiger partial charge in [-0.2, -0.15) is 9.50 Å². The van der Waals surface area contributed by atoms with Crippen molar-refractivity contribution in [2.75, 3.05) is 0 Å². The van der Waals surface area contributed by atoms with Crippen LogP contribution in [-0.2, 0) is 11.2 Å². The van der Waals surface area contributed by atoms with Crippen LogP contribution in [-0.4, -0.2) is 35.6 Å². The van der Waals surface area contributed by atoms with Crippen LogP contribution in [0.5, 0.6) is 0 Å². The molecular weight excluding hydrogens is 286 g/mol. The third-order valence-corrected chi connectivity index (χ3v) is 3.25. The molecule has 0 unspecified atom stereocenters. The highest BCUT2D eigenvalue weighted by Crippen LogP contribution is 2.13. The van der Waals surface area contributed by atoms with Crippen molar-refractivity contribution in [3.05, 3.63) is 45.5 Å². The Kier molecular flexibility index (Phi) is 3.21. The predicted octanol–water partition coefficient (Wildman–Crippen LogP) is 0.724. The van der Waals surface area contributed by atoms with E-state index < -0.39 is 11.5 Å². The Bertz CT molecular complexity index is 941. The highest BCUT2D eigenvalue weighted by Gasteiger charge is 2.16. The summed E-state index contributed by atoms with van der Waals surface area (Å²) in [5, 5.41) is 11.7. The minimum absolute atomic E-state index is 0.136. The third kappa shape index (κ3) is 2.34. The standard InChI is InChI=1S/C14H13N5O3/c1-7-4-3-5-10(15-7)12-17-14-16-8(2)9(6-11(20)21)13(22)19(14)18-12/h3-5H,6H2,1-2H3,(H,20,21)(H,16,17,18). The van der Waals surface area contributed by atoms with E-state index in [9.17, 15) is 9.59 Å². The Morgan fingerprint density at radius 3 is 2.73 bits per heavy atom. The van der Waals surface area contributed by atoms with E-state index >= 15 is 0 Å². The smallest absolute Gasteiger partial charge is 0.308 e. The van der Waals surface area contributed by atoms with Crippen molar-refractivity contribution >= 4 is 11.7 Å². The number of aromatic nitrogens is 5. The molecule has 0 saturated carbocycles. The molecule has 8 nitrogen and oxygen atoms in total. The van der Waals surface area contributed by atoms with Crippen LogP contribution in [0, 0.1) is 13.8 Å². The molecule has 0 saturated heterocycles. The van der Waals surface area contributed by atoms with E-state index in [1.807, 2.05) is 19.1 Å². The van der Waals surface area contributed by atoms with Gasteiger partial charge in [0.1, 0.15) is 5.69 Å². The van der Waals surface area contributed by atoms with Gasteiger partial charge in [-0.05, 0) is 26.0 Å². The second kappa shape index (κ2) is 5.06. The van der Waals surface area contributed by atoms with Gasteiger partial charge in [0.2, 0.25) is 0 Å². The van der Waals surface area contributed by atoms with Gasteiger partial charge in [0, 0.05) is 5.69 Å². The summed E-state index contributed by atoms with van der Waals surface area (Å²) in [7, 11) is 0. The fraction of sp³-hybridized carbons (Fsp3) is 0.214. The van der Waals surface area contributed by atoms with E-state index in [1.54, 1.807) is 13.0 Å². The number of H-pyrrole nitrogens is 1. The van der Waals surface area contributed by atoms with Gasteiger partial charge in [-0.3, -0.25) is 14.7 Å². The highest BCUT2D eigenvalue weighted by atomic mass is 16.4. The minimum atomic E-state index is -1.08. The number of pyridine rings is 1. The fourth-order valence-electron chi connectivity index (χ4n) is 2.20. The Balaban J connectivity index is 2.20. The summed E-state index contributed by atoms with van der Waals surface area (Å²) in [6.07, 6.45) is -0.377. The van der Waals surface area contributed by atoms with E-state index in [-0.39, 0.29) is 17.8 Å². The number of nitrogens with one attached hydrogen (secondary N) is 1. The normalized spacial score (nSPS) is 11.0. The van der Waals surface area contributed by atoms with Gasteiger partial charge in [0.05, 0.1) is 17.7 Å². The van der Waals surface area contributed by atoms with Crippen LogP contribution in [0.25, 0.3) is 17.3 Å². The van der Waals surface area contributed by atoms with Crippen molar-refractivity contribution in [1.82, 2.24) is 24.6 Å². The zero-order valence-electron chi connectivity index (χ0n) is 12.0. The maximum atomic E-state index is 12.4. The second-order valence-corrected chi connectivity index (χ2v) is 4.92. The monoisotopic (exact) mass is 299 g/mol. The van der Waals surface area contributed by atoms with Gasteiger partial charge < -0.3 is 5.11 Å². The molecule has 0 bridgehead atoms. The van der Waals surface area contributed by atoms with Crippen molar-refractivity contribution in [3.63, 3.8) is 0 Å². The molecule has 0 aromatic carbocycles. The lowest BCUT2D eigenvalue weighted by molar-refractivity contribution is -0.136. The summed E-state index contributed by atoms with van der Waals surface area (Å²) in [4.78, 5) is 36.0. The van der Waals surface area contributed by atoms with Crippen LogP contribution >= 0.6 is 0 Å². The van der Waals surface area contributed by atoms with Crippen molar-refractivity contribution in [2.45, 2.75) is 20.3 Å². The lowest BCUT2D eigenvalue weighted by Crippen LogP contribution is -2.24. The lowest BCUT2D eigenvalue weighted by Gasteiger charge is -2.01. The fourth-order valence-corrected chi connectivity index (χ4v) is 2.20. The molecule has 3 rings (SSSR count). The summed E-state index contributed by atoms with van der Waals surface area (Å²) < 4.78 is 1.14. The predicted molar refractivity (Wildman–Crippen MR) is 77.7 cm³/mol. The van der Waals surface area contributed by atoms with E-state index in [4.69, 9.17) is 5.11 Å². The first-order valence-electron chi connectivity index (χ1n) is 6.60. The largest absolute Gasteiger partial charge is 0.481 e. The number of carboxylic acid groups (broad SMARTS) is 1. The molecule has 112 valence electrons. The van der Waals surface area contributed by atoms with Crippen molar-refractivity contribution < 1.29 is 9.90 Å². The van der Waals surface area contributed by atoms with Crippen molar-refractivity contribution in [3.8, 4) is 11.5 Å². The third-order valence-electron chi connectivity index (χ3n) is 3.25. The first kappa shape index (κ1) is 13.9. The van der Waals surface area contributed by atoms with Crippen LogP contribution in [0.2, 0.25) is 0 Å². The van der Waals surface area contributed by atoms with Gasteiger partial charge >= 0.3 is 5.97 Å². The van der Waals surface area contributed by atoms with Gasteiger partial charge in [-0.25, -0.2) is 9.97 Å². The molecule has 22 heavy (non-hydrogen) atoms. The van der Waals surface area contributed by atoms with Crippen molar-refractivity contribution in [1.29, 1.82) is 0 Å². The van der Waals surface area contributed by atoms with Crippen LogP contribution in [0.3, 0.4) is 0 Å². The number of aliphatic carboxylic acids is 1. The number of nitrogens with zero attached hydrogens (tertiary/aromatic N) is 4. The van der Waals surface area contributed by atoms with E-state index in [1.165, 1.54) is 0 Å². The van der Waals surface area contributed by atoms with Gasteiger partial charge in [0.25, 0.3) is 11.3 Å². The first-order valence-corrected chi connectivity index (χ1v) is 6.60. The number of rotatable bonds is 3. The average Bonchev–Trinajstić information content (AvgIpc) is 2.87. The topological polar surface area (TPSA) is 113 Å². The van der Waals surface area contributed by atoms with Gasteiger partial charge in [0.15, 0.2) is 5.82 Å². The van der Waals surface area contributed by atoms with Crippen molar-refractivity contribution in [2.24, 2.45) is 0 Å². The summed E-state index contributed by atoms with van der Waals surface area (Å²) in [5.41, 5.74) is 1.44. The van der Waals surface area contributed by atoms with Gasteiger partial charge in [-0.1, -0.05) is 6.07 Å². The Morgan fingerprint density at radius 2 is 2.05 bits per heavy atom. The van der Waals surface area contributed by atoms with Crippen LogP contribution < -0.4 is 5.56 Å². The lowest BCUT2D eigenvalue weighted by atomic mass is 10.2. The molecular formula is C14H13N5O3. The maximum Gasteiger partial charge on any atom is 0.308 e. The zero-order chi connectivity index (χ0) is 15.9. The molecule has 0 aliphatic heterocycles. The van der Waals surface area contributed by atoms with E-state index in [0.717, 1.165) is 10.2 Å². The molecule has 0 aliphatic carbocycles. The molecule has 0 atom stereocenters. The number of aromatic amines is 1. The molecule has 3 aromatic heterocycles. The quantitative estimate of drug-likeness (QED) is 0.737. The molecule has 0 amide bonds. The Morgan fingerprint density at radius 1 is 1.27 bits per heavy atom. The average molecular weight is 299 g/mol. The van der Waals surface area contributed by atoms with Crippen LogP contribution in [0.15, 0.2) is 23.0 Å². The second-order valence-electron chi connectivity index (χ2n) is 4.92. The number of hydrogen-bond acceptors (Lipinski definition) is 5. The molecule has 3 aromatic rings. The Labute approximate surface area is 124 Å². The molecule has 8 heteroatoms. The van der Waals surface area contributed by atoms with E-state index in [0.29, 0.717) is 17.2 Å². The number of carboxylic acids is 1. The van der Waals surface area contributed by atoms with Crippen LogP contribution in [0.4, 0.5) is 0 Å². The molecule has 0 fully saturated rings. The molecule has 2 N–H and O–H groups in total. The number of fused-ring (bicyclic) bond motifs is 1. The summed E-state index contributed by atoms with van der Waals surface area (Å²) in [5.74, 6) is -0.489. The Hall–Kier alpha value is -3.03. The maximum absolute atomic E-state index is 12.4. The summed E-state index contributed by atoms with van der Waals surface area (Å²) >= 11 is 0. The number of aryl methyl sites for hydroxylation is 2. The minimum Gasteiger partial charge on any atom is -0.481 e. The zero-order valence-corrected chi connectivity index (χ0v) is 12.0. The number of carbonyl (C=O) groups is 1. The number of hydrogen-bond donors (Lipinski definition) is 2. The molecule has 3 heterocycles.